The highest BCUT2D eigenvalue weighted by Gasteiger charge is 2.18. The second-order valence-electron chi connectivity index (χ2n) is 3.80. The van der Waals surface area contributed by atoms with Gasteiger partial charge in [0.25, 0.3) is 0 Å². The van der Waals surface area contributed by atoms with Crippen LogP contribution in [0.15, 0.2) is 34.5 Å². The quantitative estimate of drug-likeness (QED) is 0.834. The van der Waals surface area contributed by atoms with Crippen LogP contribution in [-0.4, -0.2) is 10.1 Å². The van der Waals surface area contributed by atoms with Gasteiger partial charge >= 0.3 is 0 Å². The number of rotatable bonds is 2. The van der Waals surface area contributed by atoms with Crippen molar-refractivity contribution in [3.05, 3.63) is 40.1 Å². The van der Waals surface area contributed by atoms with Crippen molar-refractivity contribution in [2.75, 3.05) is 0 Å². The van der Waals surface area contributed by atoms with Crippen molar-refractivity contribution in [1.29, 1.82) is 0 Å². The number of nitrogens with zero attached hydrogens (tertiary/aromatic N) is 1. The largest absolute Gasteiger partial charge is 0.382 e. The summed E-state index contributed by atoms with van der Waals surface area (Å²) in [5.74, 6) is 0. The van der Waals surface area contributed by atoms with Gasteiger partial charge in [0.15, 0.2) is 0 Å². The number of hydrogen-bond acceptors (Lipinski definition) is 2. The molecule has 15 heavy (non-hydrogen) atoms. The maximum absolute atomic E-state index is 10.2. The van der Waals surface area contributed by atoms with Gasteiger partial charge in [-0.05, 0) is 59.3 Å². The summed E-state index contributed by atoms with van der Waals surface area (Å²) in [7, 11) is 0. The fourth-order valence-electron chi connectivity index (χ4n) is 1.89. The van der Waals surface area contributed by atoms with Crippen molar-refractivity contribution in [2.24, 2.45) is 0 Å². The lowest BCUT2D eigenvalue weighted by molar-refractivity contribution is 0.202. The molecule has 0 aliphatic heterocycles. The normalized spacial score (nSPS) is 18.4. The Hall–Kier alpha value is -0.670. The van der Waals surface area contributed by atoms with Gasteiger partial charge in [-0.25, -0.2) is 0 Å². The first-order valence-corrected chi connectivity index (χ1v) is 6.06. The molecule has 2 rings (SSSR count). The molecule has 1 heterocycles. The van der Waals surface area contributed by atoms with Crippen LogP contribution in [0.1, 0.15) is 37.5 Å². The molecule has 2 nitrogen and oxygen atoms in total. The van der Waals surface area contributed by atoms with Gasteiger partial charge in [-0.15, -0.1) is 0 Å². The minimum atomic E-state index is -0.541. The molecule has 0 spiro atoms. The van der Waals surface area contributed by atoms with Gasteiger partial charge in [0.05, 0.1) is 5.69 Å². The van der Waals surface area contributed by atoms with Gasteiger partial charge in [0, 0.05) is 10.7 Å². The Morgan fingerprint density at radius 1 is 1.40 bits per heavy atom. The van der Waals surface area contributed by atoms with Crippen LogP contribution in [0, 0.1) is 0 Å². The zero-order chi connectivity index (χ0) is 10.7. The lowest BCUT2D eigenvalue weighted by Crippen LogP contribution is -2.07. The Kier molecular flexibility index (Phi) is 3.54. The van der Waals surface area contributed by atoms with Crippen LogP contribution >= 0.6 is 15.9 Å². The average Bonchev–Trinajstić information content (AvgIpc) is 2.30. The van der Waals surface area contributed by atoms with E-state index in [2.05, 4.69) is 27.0 Å². The number of aromatic nitrogens is 1. The van der Waals surface area contributed by atoms with Gasteiger partial charge in [-0.1, -0.05) is 6.08 Å². The summed E-state index contributed by atoms with van der Waals surface area (Å²) in [4.78, 5) is 4.22. The van der Waals surface area contributed by atoms with E-state index < -0.39 is 6.10 Å². The number of pyridine rings is 1. The van der Waals surface area contributed by atoms with Crippen LogP contribution in [0.3, 0.4) is 0 Å². The minimum Gasteiger partial charge on any atom is -0.382 e. The van der Waals surface area contributed by atoms with Crippen LogP contribution in [0.25, 0.3) is 0 Å². The average molecular weight is 268 g/mol. The Morgan fingerprint density at radius 3 is 2.93 bits per heavy atom. The van der Waals surface area contributed by atoms with Crippen molar-refractivity contribution in [1.82, 2.24) is 4.98 Å². The molecule has 1 aliphatic carbocycles. The predicted octanol–water partition coefficient (Wildman–Crippen LogP) is 3.38. The molecule has 0 saturated heterocycles. The highest BCUT2D eigenvalue weighted by Crippen LogP contribution is 2.31. The van der Waals surface area contributed by atoms with E-state index in [0.717, 1.165) is 28.6 Å². The van der Waals surface area contributed by atoms with Gasteiger partial charge in [-0.3, -0.25) is 4.98 Å². The summed E-state index contributed by atoms with van der Waals surface area (Å²) in [6.45, 7) is 0. The second-order valence-corrected chi connectivity index (χ2v) is 4.65. The van der Waals surface area contributed by atoms with Crippen LogP contribution in [0.4, 0.5) is 0 Å². The van der Waals surface area contributed by atoms with E-state index in [1.165, 1.54) is 12.8 Å². The molecule has 1 N–H and O–H groups in total. The first-order valence-electron chi connectivity index (χ1n) is 5.26. The van der Waals surface area contributed by atoms with E-state index in [-0.39, 0.29) is 0 Å². The Morgan fingerprint density at radius 2 is 2.27 bits per heavy atom. The molecule has 80 valence electrons. The second kappa shape index (κ2) is 4.90. The van der Waals surface area contributed by atoms with Crippen LogP contribution in [0.5, 0.6) is 0 Å². The van der Waals surface area contributed by atoms with Crippen LogP contribution < -0.4 is 0 Å². The lowest BCUT2D eigenvalue weighted by Gasteiger charge is -2.18. The number of aliphatic hydroxyl groups excluding tert-OH is 1. The fourth-order valence-corrected chi connectivity index (χ4v) is 2.36. The Balaban J connectivity index is 2.23. The molecule has 3 heteroatoms. The smallest absolute Gasteiger partial charge is 0.118 e. The zero-order valence-corrected chi connectivity index (χ0v) is 10.1. The molecule has 0 bridgehead atoms. The summed E-state index contributed by atoms with van der Waals surface area (Å²) in [6.07, 6.45) is 7.80. The first kappa shape index (κ1) is 10.8. The van der Waals surface area contributed by atoms with E-state index in [4.69, 9.17) is 0 Å². The summed E-state index contributed by atoms with van der Waals surface area (Å²) in [5.41, 5.74) is 1.84. The molecule has 1 unspecified atom stereocenters. The number of allylic oxidation sites excluding steroid dienone is 1. The summed E-state index contributed by atoms with van der Waals surface area (Å²) in [5, 5.41) is 10.2. The molecular weight excluding hydrogens is 254 g/mol. The topological polar surface area (TPSA) is 33.1 Å². The first-order chi connectivity index (χ1) is 7.29. The third-order valence-electron chi connectivity index (χ3n) is 2.72. The number of halogens is 1. The monoisotopic (exact) mass is 267 g/mol. The third kappa shape index (κ3) is 2.47. The standard InChI is InChI=1S/C12H14BrNO/c13-10-7-4-8-14-11(10)12(15)9-5-2-1-3-6-9/h4-5,7-8,12,15H,1-3,6H2. The molecule has 1 atom stereocenters. The molecule has 1 aromatic rings. The Bertz CT molecular complexity index is 376. The molecule has 0 radical (unpaired) electrons. The van der Waals surface area contributed by atoms with Crippen molar-refractivity contribution in [2.45, 2.75) is 31.8 Å². The van der Waals surface area contributed by atoms with Gasteiger partial charge < -0.3 is 5.11 Å². The highest BCUT2D eigenvalue weighted by atomic mass is 79.9. The van der Waals surface area contributed by atoms with E-state index in [1.807, 2.05) is 12.1 Å². The van der Waals surface area contributed by atoms with Gasteiger partial charge in [0.2, 0.25) is 0 Å². The Labute approximate surface area is 98.2 Å². The zero-order valence-electron chi connectivity index (χ0n) is 8.49. The molecule has 0 aromatic carbocycles. The van der Waals surface area contributed by atoms with Crippen LogP contribution in [-0.2, 0) is 0 Å². The maximum Gasteiger partial charge on any atom is 0.118 e. The van der Waals surface area contributed by atoms with Crippen LogP contribution in [0.2, 0.25) is 0 Å². The molecule has 0 saturated carbocycles. The van der Waals surface area contributed by atoms with E-state index >= 15 is 0 Å². The SMILES string of the molecule is OC(C1=CCCCC1)c1ncccc1Br. The minimum absolute atomic E-state index is 0.541. The summed E-state index contributed by atoms with van der Waals surface area (Å²) >= 11 is 3.41. The van der Waals surface area contributed by atoms with Gasteiger partial charge in [-0.2, -0.15) is 0 Å². The van der Waals surface area contributed by atoms with E-state index in [1.54, 1.807) is 6.20 Å². The lowest BCUT2D eigenvalue weighted by atomic mass is 9.94. The molecule has 1 aliphatic rings. The van der Waals surface area contributed by atoms with Crippen molar-refractivity contribution < 1.29 is 5.11 Å². The van der Waals surface area contributed by atoms with Crippen molar-refractivity contribution in [3.8, 4) is 0 Å². The fraction of sp³-hybridized carbons (Fsp3) is 0.417. The number of hydrogen-bond donors (Lipinski definition) is 1. The summed E-state index contributed by atoms with van der Waals surface area (Å²) in [6, 6.07) is 3.77. The van der Waals surface area contributed by atoms with Crippen molar-refractivity contribution in [3.63, 3.8) is 0 Å². The summed E-state index contributed by atoms with van der Waals surface area (Å²) < 4.78 is 0.879. The third-order valence-corrected chi connectivity index (χ3v) is 3.39. The molecular formula is C12H14BrNO. The van der Waals surface area contributed by atoms with E-state index in [9.17, 15) is 5.11 Å². The van der Waals surface area contributed by atoms with E-state index in [0.29, 0.717) is 0 Å². The highest BCUT2D eigenvalue weighted by molar-refractivity contribution is 9.10. The van der Waals surface area contributed by atoms with Crippen molar-refractivity contribution >= 4 is 15.9 Å². The molecule has 1 aromatic heterocycles. The molecule has 0 amide bonds. The molecule has 0 fully saturated rings. The maximum atomic E-state index is 10.2. The predicted molar refractivity (Wildman–Crippen MR) is 63.4 cm³/mol. The number of aliphatic hydroxyl groups is 1. The van der Waals surface area contributed by atoms with Gasteiger partial charge in [0.1, 0.15) is 6.10 Å².